The van der Waals surface area contributed by atoms with Crippen LogP contribution >= 0.6 is 11.3 Å². The van der Waals surface area contributed by atoms with Crippen LogP contribution in [0.3, 0.4) is 0 Å². The molecule has 2 aromatic heterocycles. The second kappa shape index (κ2) is 7.41. The van der Waals surface area contributed by atoms with Crippen LogP contribution in [0.15, 0.2) is 71.5 Å². The predicted molar refractivity (Wildman–Crippen MR) is 125 cm³/mol. The molecular formula is C26H21FN2O2S. The van der Waals surface area contributed by atoms with E-state index in [1.54, 1.807) is 11.3 Å². The summed E-state index contributed by atoms with van der Waals surface area (Å²) in [6.45, 7) is 1.82. The van der Waals surface area contributed by atoms with Crippen LogP contribution in [-0.2, 0) is 6.54 Å². The number of likely N-dealkylation sites (tertiary alicyclic amines) is 1. The SMILES string of the molecule is O=C(c1ccc(F)cc1)N1C[C@@H]2C[C@H](C1)c1ccc(-c3cc4ccccc4s3)c(=O)n1C2. The first-order valence-corrected chi connectivity index (χ1v) is 11.7. The van der Waals surface area contributed by atoms with Crippen molar-refractivity contribution in [2.24, 2.45) is 5.92 Å². The number of halogens is 1. The number of amides is 1. The zero-order valence-corrected chi connectivity index (χ0v) is 18.1. The highest BCUT2D eigenvalue weighted by Gasteiger charge is 2.37. The van der Waals surface area contributed by atoms with Gasteiger partial charge in [-0.15, -0.1) is 11.3 Å². The first kappa shape index (κ1) is 19.4. The molecule has 0 unspecified atom stereocenters. The largest absolute Gasteiger partial charge is 0.338 e. The number of thiophene rings is 1. The number of carbonyl (C=O) groups excluding carboxylic acids is 1. The quantitative estimate of drug-likeness (QED) is 0.430. The van der Waals surface area contributed by atoms with Crippen LogP contribution in [-0.4, -0.2) is 28.5 Å². The Morgan fingerprint density at radius 3 is 2.59 bits per heavy atom. The number of hydrogen-bond acceptors (Lipinski definition) is 3. The highest BCUT2D eigenvalue weighted by molar-refractivity contribution is 7.22. The van der Waals surface area contributed by atoms with Crippen molar-refractivity contribution in [2.75, 3.05) is 13.1 Å². The molecule has 32 heavy (non-hydrogen) atoms. The smallest absolute Gasteiger partial charge is 0.259 e. The van der Waals surface area contributed by atoms with Gasteiger partial charge in [0.25, 0.3) is 11.5 Å². The molecule has 1 fully saturated rings. The predicted octanol–water partition coefficient (Wildman–Crippen LogP) is 5.13. The number of aromatic nitrogens is 1. The Balaban J connectivity index is 1.32. The van der Waals surface area contributed by atoms with Gasteiger partial charge in [0.05, 0.1) is 5.56 Å². The van der Waals surface area contributed by atoms with E-state index in [-0.39, 0.29) is 29.1 Å². The molecular weight excluding hydrogens is 423 g/mol. The van der Waals surface area contributed by atoms with Gasteiger partial charge in [0.2, 0.25) is 0 Å². The molecule has 2 bridgehead atoms. The van der Waals surface area contributed by atoms with E-state index < -0.39 is 0 Å². The van der Waals surface area contributed by atoms with E-state index in [9.17, 15) is 14.0 Å². The van der Waals surface area contributed by atoms with Crippen molar-refractivity contribution < 1.29 is 9.18 Å². The topological polar surface area (TPSA) is 42.3 Å². The molecule has 2 aliphatic heterocycles. The molecule has 4 aromatic rings. The zero-order chi connectivity index (χ0) is 21.8. The molecule has 1 amide bonds. The normalized spacial score (nSPS) is 19.7. The summed E-state index contributed by atoms with van der Waals surface area (Å²) in [5.41, 5.74) is 2.31. The number of benzene rings is 2. The molecule has 2 aliphatic rings. The van der Waals surface area contributed by atoms with E-state index in [0.717, 1.165) is 27.9 Å². The third kappa shape index (κ3) is 3.17. The summed E-state index contributed by atoms with van der Waals surface area (Å²) in [4.78, 5) is 29.3. The molecule has 0 radical (unpaired) electrons. The summed E-state index contributed by atoms with van der Waals surface area (Å²) < 4.78 is 16.3. The van der Waals surface area contributed by atoms with Crippen LogP contribution in [0.1, 0.15) is 28.4 Å². The molecule has 0 saturated carbocycles. The average molecular weight is 445 g/mol. The van der Waals surface area contributed by atoms with Gasteiger partial charge < -0.3 is 9.47 Å². The molecule has 1 saturated heterocycles. The van der Waals surface area contributed by atoms with Crippen LogP contribution in [0.25, 0.3) is 20.5 Å². The minimum absolute atomic E-state index is 0.0575. The lowest BCUT2D eigenvalue weighted by Gasteiger charge is -2.43. The fourth-order valence-corrected chi connectivity index (χ4v) is 6.27. The first-order chi connectivity index (χ1) is 15.6. The Hall–Kier alpha value is -3.25. The molecule has 4 nitrogen and oxygen atoms in total. The molecule has 2 atom stereocenters. The fourth-order valence-electron chi connectivity index (χ4n) is 5.19. The summed E-state index contributed by atoms with van der Waals surface area (Å²) in [7, 11) is 0. The summed E-state index contributed by atoms with van der Waals surface area (Å²) in [5, 5.41) is 1.15. The number of rotatable bonds is 2. The third-order valence-corrected chi connectivity index (χ3v) is 7.82. The van der Waals surface area contributed by atoms with Crippen molar-refractivity contribution in [1.29, 1.82) is 0 Å². The van der Waals surface area contributed by atoms with E-state index in [1.807, 2.05) is 27.7 Å². The number of hydrogen-bond donors (Lipinski definition) is 0. The van der Waals surface area contributed by atoms with E-state index in [0.29, 0.717) is 25.2 Å². The summed E-state index contributed by atoms with van der Waals surface area (Å²) in [6, 6.07) is 20.0. The Morgan fingerprint density at radius 2 is 1.78 bits per heavy atom. The average Bonchev–Trinajstić information content (AvgIpc) is 3.24. The lowest BCUT2D eigenvalue weighted by molar-refractivity contribution is 0.0594. The minimum Gasteiger partial charge on any atom is -0.338 e. The lowest BCUT2D eigenvalue weighted by atomic mass is 9.82. The molecule has 6 rings (SSSR count). The van der Waals surface area contributed by atoms with Crippen LogP contribution in [0.5, 0.6) is 0 Å². The van der Waals surface area contributed by atoms with E-state index in [2.05, 4.69) is 24.3 Å². The van der Waals surface area contributed by atoms with Gasteiger partial charge in [-0.2, -0.15) is 0 Å². The maximum Gasteiger partial charge on any atom is 0.259 e. The molecule has 160 valence electrons. The number of nitrogens with zero attached hydrogens (tertiary/aromatic N) is 2. The van der Waals surface area contributed by atoms with E-state index in [1.165, 1.54) is 29.0 Å². The van der Waals surface area contributed by atoms with Gasteiger partial charge in [0, 0.05) is 46.4 Å². The Labute approximate surface area is 188 Å². The van der Waals surface area contributed by atoms with Gasteiger partial charge in [-0.3, -0.25) is 9.59 Å². The van der Waals surface area contributed by atoms with Gasteiger partial charge in [-0.25, -0.2) is 4.39 Å². The van der Waals surface area contributed by atoms with Crippen molar-refractivity contribution in [2.45, 2.75) is 18.9 Å². The van der Waals surface area contributed by atoms with Crippen molar-refractivity contribution >= 4 is 27.3 Å². The maximum absolute atomic E-state index is 13.4. The van der Waals surface area contributed by atoms with Gasteiger partial charge >= 0.3 is 0 Å². The fraction of sp³-hybridized carbons (Fsp3) is 0.231. The molecule has 2 aromatic carbocycles. The third-order valence-electron chi connectivity index (χ3n) is 6.67. The highest BCUT2D eigenvalue weighted by atomic mass is 32.1. The zero-order valence-electron chi connectivity index (χ0n) is 17.3. The first-order valence-electron chi connectivity index (χ1n) is 10.8. The number of piperidine rings is 1. The number of fused-ring (bicyclic) bond motifs is 5. The van der Waals surface area contributed by atoms with Crippen molar-refractivity contribution in [3.05, 3.63) is 94.2 Å². The maximum atomic E-state index is 13.4. The molecule has 0 spiro atoms. The second-order valence-electron chi connectivity index (χ2n) is 8.75. The minimum atomic E-state index is -0.347. The van der Waals surface area contributed by atoms with Crippen molar-refractivity contribution in [3.8, 4) is 10.4 Å². The molecule has 0 N–H and O–H groups in total. The van der Waals surface area contributed by atoms with Crippen LogP contribution in [0.4, 0.5) is 4.39 Å². The van der Waals surface area contributed by atoms with Gasteiger partial charge in [0.1, 0.15) is 5.82 Å². The standard InChI is InChI=1S/C26H21FN2O2S/c27-20-7-5-17(6-8-20)25(30)28-13-16-11-19(15-28)22-10-9-21(26(31)29(22)14-16)24-12-18-3-1-2-4-23(18)32-24/h1-10,12,16,19H,11,13-15H2/t16-,19+/m0/s1. The van der Waals surface area contributed by atoms with Crippen LogP contribution in [0.2, 0.25) is 0 Å². The molecule has 6 heteroatoms. The molecule has 0 aliphatic carbocycles. The van der Waals surface area contributed by atoms with Crippen molar-refractivity contribution in [1.82, 2.24) is 9.47 Å². The number of pyridine rings is 1. The van der Waals surface area contributed by atoms with Gasteiger partial charge in [0.15, 0.2) is 0 Å². The summed E-state index contributed by atoms with van der Waals surface area (Å²) in [6.07, 6.45) is 0.981. The Morgan fingerprint density at radius 1 is 0.969 bits per heavy atom. The van der Waals surface area contributed by atoms with Gasteiger partial charge in [-0.05, 0) is 66.3 Å². The monoisotopic (exact) mass is 444 g/mol. The van der Waals surface area contributed by atoms with Crippen molar-refractivity contribution in [3.63, 3.8) is 0 Å². The highest BCUT2D eigenvalue weighted by Crippen LogP contribution is 2.37. The van der Waals surface area contributed by atoms with Crippen LogP contribution < -0.4 is 5.56 Å². The summed E-state index contributed by atoms with van der Waals surface area (Å²) in [5.74, 6) is -0.0470. The Bertz CT molecular complexity index is 1370. The number of carbonyl (C=O) groups is 1. The van der Waals surface area contributed by atoms with E-state index in [4.69, 9.17) is 0 Å². The van der Waals surface area contributed by atoms with Crippen LogP contribution in [0, 0.1) is 11.7 Å². The van der Waals surface area contributed by atoms with E-state index >= 15 is 0 Å². The molecule has 4 heterocycles. The summed E-state index contributed by atoms with van der Waals surface area (Å²) >= 11 is 1.65. The Kier molecular flexibility index (Phi) is 4.50. The van der Waals surface area contributed by atoms with Gasteiger partial charge in [-0.1, -0.05) is 18.2 Å². The second-order valence-corrected chi connectivity index (χ2v) is 9.84. The lowest BCUT2D eigenvalue weighted by Crippen LogP contribution is -2.49.